The number of fused-ring (bicyclic) bond motifs is 5. The fourth-order valence-corrected chi connectivity index (χ4v) is 8.97. The van der Waals surface area contributed by atoms with Crippen molar-refractivity contribution >= 4 is 17.7 Å². The molecule has 5 heteroatoms. The molecule has 0 aromatic carbocycles. The zero-order chi connectivity index (χ0) is 23.3. The van der Waals surface area contributed by atoms with Gasteiger partial charge in [0, 0.05) is 31.6 Å². The molecule has 9 atom stereocenters. The second kappa shape index (κ2) is 8.76. The van der Waals surface area contributed by atoms with Crippen LogP contribution in [-0.4, -0.2) is 30.9 Å². The van der Waals surface area contributed by atoms with Crippen LogP contribution in [0.4, 0.5) is 0 Å². The molecular weight excluding hydrogens is 404 g/mol. The van der Waals surface area contributed by atoms with Crippen LogP contribution in [0, 0.1) is 46.3 Å². The summed E-state index contributed by atoms with van der Waals surface area (Å²) in [5.74, 6) is 3.16. The highest BCUT2D eigenvalue weighted by atomic mass is 16.5. The van der Waals surface area contributed by atoms with E-state index in [9.17, 15) is 14.4 Å². The Bertz CT molecular complexity index is 761. The van der Waals surface area contributed by atoms with Gasteiger partial charge in [-0.15, -0.1) is 0 Å². The van der Waals surface area contributed by atoms with E-state index in [4.69, 9.17) is 9.47 Å². The van der Waals surface area contributed by atoms with Gasteiger partial charge in [0.2, 0.25) is 0 Å². The van der Waals surface area contributed by atoms with Gasteiger partial charge in [-0.25, -0.2) is 0 Å². The molecule has 0 N–H and O–H groups in total. The van der Waals surface area contributed by atoms with Crippen LogP contribution in [0.25, 0.3) is 0 Å². The third-order valence-electron chi connectivity index (χ3n) is 10.7. The van der Waals surface area contributed by atoms with E-state index < -0.39 is 0 Å². The highest BCUT2D eigenvalue weighted by Gasteiger charge is 2.64. The number of methoxy groups -OCH3 is 1. The molecular formula is C27H42O5. The number of Topliss-reactive ketones (excluding diaryl/α,β-unsaturated/α-hetero) is 1. The van der Waals surface area contributed by atoms with Crippen molar-refractivity contribution in [1.29, 1.82) is 0 Å². The third kappa shape index (κ3) is 3.81. The van der Waals surface area contributed by atoms with Crippen LogP contribution in [0.1, 0.15) is 91.9 Å². The van der Waals surface area contributed by atoms with Crippen molar-refractivity contribution < 1.29 is 23.9 Å². The van der Waals surface area contributed by atoms with Gasteiger partial charge >= 0.3 is 11.9 Å². The first-order chi connectivity index (χ1) is 15.1. The number of carbonyl (C=O) groups excluding carboxylic acids is 3. The van der Waals surface area contributed by atoms with Crippen molar-refractivity contribution in [3.05, 3.63) is 0 Å². The van der Waals surface area contributed by atoms with Crippen molar-refractivity contribution in [3.63, 3.8) is 0 Å². The fourth-order valence-electron chi connectivity index (χ4n) is 8.97. The van der Waals surface area contributed by atoms with Gasteiger partial charge in [0.05, 0.1) is 7.11 Å². The quantitative estimate of drug-likeness (QED) is 0.533. The standard InChI is InChI=1S/C27H42O5/c1-16(6-11-25(30)31-5)21-9-10-22-20-8-7-18-14-19(29)12-13-26(18,3)23(20)15-24(27(21,22)4)32-17(2)28/h16,18,20-24H,6-15H2,1-5H3/t16-,18-,20+,21+,22-,23-,24+,26+,27-/m1/s1. The average Bonchev–Trinajstić information content (AvgIpc) is 3.11. The maximum atomic E-state index is 12.2. The van der Waals surface area contributed by atoms with Gasteiger partial charge in [0.1, 0.15) is 11.9 Å². The second-order valence-corrected chi connectivity index (χ2v) is 11.9. The number of hydrogen-bond donors (Lipinski definition) is 0. The molecule has 0 saturated heterocycles. The molecule has 4 fully saturated rings. The number of ketones is 1. The molecule has 0 heterocycles. The largest absolute Gasteiger partial charge is 0.469 e. The van der Waals surface area contributed by atoms with Crippen molar-refractivity contribution in [2.45, 2.75) is 98.0 Å². The highest BCUT2D eigenvalue weighted by molar-refractivity contribution is 5.79. The number of carbonyl (C=O) groups is 3. The Morgan fingerprint density at radius 3 is 2.56 bits per heavy atom. The molecule has 4 rings (SSSR count). The SMILES string of the molecule is COC(=O)CC[C@@H](C)[C@@H]1CC[C@@H]2[C@@H]3CC[C@@H]4CC(=O)CC[C@]4(C)[C@@H]3C[C@H](OC(C)=O)[C@@]21C. The molecule has 0 bridgehead atoms. The van der Waals surface area contributed by atoms with Crippen LogP contribution in [-0.2, 0) is 23.9 Å². The van der Waals surface area contributed by atoms with Crippen LogP contribution in [0.5, 0.6) is 0 Å². The van der Waals surface area contributed by atoms with Gasteiger partial charge in [-0.1, -0.05) is 20.8 Å². The minimum atomic E-state index is -0.183. The Morgan fingerprint density at radius 1 is 1.12 bits per heavy atom. The number of esters is 2. The maximum absolute atomic E-state index is 12.2. The monoisotopic (exact) mass is 446 g/mol. The summed E-state index contributed by atoms with van der Waals surface area (Å²) in [5, 5.41) is 0. The molecule has 4 aliphatic rings. The minimum Gasteiger partial charge on any atom is -0.469 e. The van der Waals surface area contributed by atoms with Crippen LogP contribution >= 0.6 is 0 Å². The van der Waals surface area contributed by atoms with Gasteiger partial charge < -0.3 is 9.47 Å². The second-order valence-electron chi connectivity index (χ2n) is 11.9. The molecule has 4 aliphatic carbocycles. The molecule has 32 heavy (non-hydrogen) atoms. The van der Waals surface area contributed by atoms with Gasteiger partial charge in [0.25, 0.3) is 0 Å². The lowest BCUT2D eigenvalue weighted by molar-refractivity contribution is -0.193. The number of hydrogen-bond acceptors (Lipinski definition) is 5. The van der Waals surface area contributed by atoms with E-state index in [0.29, 0.717) is 54.1 Å². The topological polar surface area (TPSA) is 69.7 Å². The van der Waals surface area contributed by atoms with E-state index in [2.05, 4.69) is 20.8 Å². The Labute approximate surface area is 193 Å². The zero-order valence-corrected chi connectivity index (χ0v) is 20.7. The number of ether oxygens (including phenoxy) is 2. The lowest BCUT2D eigenvalue weighted by Gasteiger charge is -2.62. The fraction of sp³-hybridized carbons (Fsp3) is 0.889. The first kappa shape index (κ1) is 23.8. The maximum Gasteiger partial charge on any atom is 0.305 e. The van der Waals surface area contributed by atoms with E-state index >= 15 is 0 Å². The zero-order valence-electron chi connectivity index (χ0n) is 20.7. The van der Waals surface area contributed by atoms with Crippen LogP contribution in [0.2, 0.25) is 0 Å². The molecule has 0 radical (unpaired) electrons. The van der Waals surface area contributed by atoms with E-state index in [1.54, 1.807) is 6.92 Å². The molecule has 0 amide bonds. The molecule has 0 aromatic heterocycles. The molecule has 0 aliphatic heterocycles. The highest BCUT2D eigenvalue weighted by Crippen LogP contribution is 2.68. The molecule has 4 saturated carbocycles. The summed E-state index contributed by atoms with van der Waals surface area (Å²) in [6.45, 7) is 8.62. The third-order valence-corrected chi connectivity index (χ3v) is 10.7. The summed E-state index contributed by atoms with van der Waals surface area (Å²) < 4.78 is 11.0. The molecule has 180 valence electrons. The Morgan fingerprint density at radius 2 is 1.88 bits per heavy atom. The van der Waals surface area contributed by atoms with Gasteiger partial charge in [0.15, 0.2) is 0 Å². The lowest BCUT2D eigenvalue weighted by atomic mass is 9.43. The predicted molar refractivity (Wildman–Crippen MR) is 122 cm³/mol. The summed E-state index contributed by atoms with van der Waals surface area (Å²) in [6, 6.07) is 0. The van der Waals surface area contributed by atoms with Crippen molar-refractivity contribution in [2.75, 3.05) is 7.11 Å². The smallest absolute Gasteiger partial charge is 0.305 e. The normalized spacial score (nSPS) is 44.1. The van der Waals surface area contributed by atoms with Crippen molar-refractivity contribution in [2.24, 2.45) is 46.3 Å². The Kier molecular flexibility index (Phi) is 6.50. The first-order valence-corrected chi connectivity index (χ1v) is 12.9. The van der Waals surface area contributed by atoms with Gasteiger partial charge in [-0.3, -0.25) is 14.4 Å². The lowest BCUT2D eigenvalue weighted by Crippen LogP contribution is -2.59. The van der Waals surface area contributed by atoms with E-state index in [0.717, 1.165) is 38.5 Å². The van der Waals surface area contributed by atoms with E-state index in [1.807, 2.05) is 0 Å². The van der Waals surface area contributed by atoms with Gasteiger partial charge in [-0.05, 0) is 85.9 Å². The van der Waals surface area contributed by atoms with Crippen molar-refractivity contribution in [1.82, 2.24) is 0 Å². The summed E-state index contributed by atoms with van der Waals surface area (Å²) in [5.41, 5.74) is 0.140. The molecule has 0 spiro atoms. The molecule has 5 nitrogen and oxygen atoms in total. The molecule has 0 aromatic rings. The molecule has 0 unspecified atom stereocenters. The van der Waals surface area contributed by atoms with Crippen LogP contribution in [0.3, 0.4) is 0 Å². The van der Waals surface area contributed by atoms with E-state index in [-0.39, 0.29) is 28.9 Å². The van der Waals surface area contributed by atoms with E-state index in [1.165, 1.54) is 20.0 Å². The number of rotatable bonds is 5. The van der Waals surface area contributed by atoms with Crippen LogP contribution < -0.4 is 0 Å². The Balaban J connectivity index is 1.62. The average molecular weight is 447 g/mol. The van der Waals surface area contributed by atoms with Crippen molar-refractivity contribution in [3.8, 4) is 0 Å². The minimum absolute atomic E-state index is 0.0456. The summed E-state index contributed by atoms with van der Waals surface area (Å²) in [4.78, 5) is 36.2. The summed E-state index contributed by atoms with van der Waals surface area (Å²) in [6.07, 6.45) is 9.27. The summed E-state index contributed by atoms with van der Waals surface area (Å²) in [7, 11) is 1.45. The Hall–Kier alpha value is -1.39. The predicted octanol–water partition coefficient (Wildman–Crippen LogP) is 5.35. The van der Waals surface area contributed by atoms with Gasteiger partial charge in [-0.2, -0.15) is 0 Å². The summed E-state index contributed by atoms with van der Waals surface area (Å²) >= 11 is 0. The van der Waals surface area contributed by atoms with Crippen LogP contribution in [0.15, 0.2) is 0 Å². The first-order valence-electron chi connectivity index (χ1n) is 12.9.